The SMILES string of the molecule is Cl.O=C(NC1(C(=O)c2ccccc2)CCN(CCN2CCOC(c3ccc(F)c(F)c3)C2)C(Cc2ccccc2)C1)N1CCCC1. The number of urea groups is 1. The second-order valence-electron chi connectivity index (χ2n) is 12.6. The van der Waals surface area contributed by atoms with Gasteiger partial charge in [-0.3, -0.25) is 14.6 Å². The average Bonchev–Trinajstić information content (AvgIpc) is 3.62. The number of carbonyl (C=O) groups excluding carboxylic acids is 2. The zero-order chi connectivity index (χ0) is 31.2. The van der Waals surface area contributed by atoms with Gasteiger partial charge in [0.2, 0.25) is 0 Å². The van der Waals surface area contributed by atoms with Crippen LogP contribution in [0.1, 0.15) is 53.3 Å². The monoisotopic (exact) mass is 652 g/mol. The number of benzene rings is 3. The largest absolute Gasteiger partial charge is 0.371 e. The molecule has 46 heavy (non-hydrogen) atoms. The number of hydrogen-bond donors (Lipinski definition) is 1. The van der Waals surface area contributed by atoms with Crippen molar-refractivity contribution in [3.8, 4) is 0 Å². The molecule has 3 aromatic rings. The summed E-state index contributed by atoms with van der Waals surface area (Å²) in [5, 5.41) is 3.27. The normalized spacial score (nSPS) is 23.9. The Hall–Kier alpha value is -3.37. The Balaban J connectivity index is 0.00000417. The molecule has 3 aliphatic rings. The van der Waals surface area contributed by atoms with Gasteiger partial charge in [0.1, 0.15) is 5.54 Å². The standard InChI is InChI=1S/C36H42F2N4O3.ClH/c37-31-14-13-29(24-32(31)38)33-26-40(21-22-45-33)19-20-41-18-15-36(34(43)28-11-5-2-6-12-28,39-35(44)42-16-7-8-17-42)25-30(41)23-27-9-3-1-4-10-27;/h1-6,9-14,24,30,33H,7-8,15-23,25-26H2,(H,39,44);1H. The summed E-state index contributed by atoms with van der Waals surface area (Å²) in [4.78, 5) is 34.4. The Labute approximate surface area is 276 Å². The van der Waals surface area contributed by atoms with Crippen LogP contribution in [0, 0.1) is 11.6 Å². The number of halogens is 3. The number of Topliss-reactive ketones (excluding diaryl/α,β-unsaturated/α-hetero) is 1. The Morgan fingerprint density at radius 2 is 1.59 bits per heavy atom. The summed E-state index contributed by atoms with van der Waals surface area (Å²) >= 11 is 0. The minimum Gasteiger partial charge on any atom is -0.371 e. The van der Waals surface area contributed by atoms with E-state index < -0.39 is 17.2 Å². The van der Waals surface area contributed by atoms with Crippen LogP contribution in [0.3, 0.4) is 0 Å². The number of hydrogen-bond acceptors (Lipinski definition) is 5. The quantitative estimate of drug-likeness (QED) is 0.292. The van der Waals surface area contributed by atoms with Gasteiger partial charge in [0.05, 0.1) is 12.7 Å². The van der Waals surface area contributed by atoms with E-state index >= 15 is 0 Å². The van der Waals surface area contributed by atoms with Gasteiger partial charge in [-0.25, -0.2) is 13.6 Å². The van der Waals surface area contributed by atoms with E-state index in [0.717, 1.165) is 45.0 Å². The second kappa shape index (κ2) is 15.5. The lowest BCUT2D eigenvalue weighted by Gasteiger charge is -2.47. The lowest BCUT2D eigenvalue weighted by atomic mass is 9.76. The van der Waals surface area contributed by atoms with Crippen molar-refractivity contribution in [3.63, 3.8) is 0 Å². The summed E-state index contributed by atoms with van der Waals surface area (Å²) < 4.78 is 33.4. The average molecular weight is 653 g/mol. The number of carbonyl (C=O) groups is 2. The maximum absolute atomic E-state index is 14.3. The van der Waals surface area contributed by atoms with Gasteiger partial charge in [0.25, 0.3) is 0 Å². The third kappa shape index (κ3) is 7.94. The molecular formula is C36H43ClF2N4O3. The van der Waals surface area contributed by atoms with Gasteiger partial charge in [-0.15, -0.1) is 12.4 Å². The van der Waals surface area contributed by atoms with Crippen molar-refractivity contribution < 1.29 is 23.1 Å². The fourth-order valence-electron chi connectivity index (χ4n) is 7.07. The van der Waals surface area contributed by atoms with Gasteiger partial charge in [0.15, 0.2) is 17.4 Å². The minimum absolute atomic E-state index is 0. The number of piperidine rings is 1. The number of likely N-dealkylation sites (tertiary alicyclic amines) is 2. The molecule has 3 fully saturated rings. The molecule has 2 amide bonds. The molecule has 246 valence electrons. The lowest BCUT2D eigenvalue weighted by molar-refractivity contribution is -0.0351. The van der Waals surface area contributed by atoms with Crippen LogP contribution in [0.4, 0.5) is 13.6 Å². The molecule has 3 aliphatic heterocycles. The van der Waals surface area contributed by atoms with Gasteiger partial charge in [-0.2, -0.15) is 0 Å². The minimum atomic E-state index is -1.01. The summed E-state index contributed by atoms with van der Waals surface area (Å²) in [5.74, 6) is -1.76. The van der Waals surface area contributed by atoms with Crippen molar-refractivity contribution >= 4 is 24.2 Å². The van der Waals surface area contributed by atoms with Crippen molar-refractivity contribution in [1.29, 1.82) is 0 Å². The maximum atomic E-state index is 14.3. The zero-order valence-corrected chi connectivity index (χ0v) is 26.9. The first-order chi connectivity index (χ1) is 21.9. The Morgan fingerprint density at radius 3 is 2.30 bits per heavy atom. The third-order valence-corrected chi connectivity index (χ3v) is 9.62. The predicted octanol–water partition coefficient (Wildman–Crippen LogP) is 5.89. The molecule has 3 atom stereocenters. The van der Waals surface area contributed by atoms with Gasteiger partial charge >= 0.3 is 6.03 Å². The fourth-order valence-corrected chi connectivity index (χ4v) is 7.07. The smallest absolute Gasteiger partial charge is 0.318 e. The van der Waals surface area contributed by atoms with Crippen LogP contribution in [0.15, 0.2) is 78.9 Å². The van der Waals surface area contributed by atoms with Gasteiger partial charge < -0.3 is 15.0 Å². The fraction of sp³-hybridized carbons (Fsp3) is 0.444. The molecule has 0 aromatic heterocycles. The molecular weight excluding hydrogens is 610 g/mol. The lowest BCUT2D eigenvalue weighted by Crippen LogP contribution is -2.65. The molecule has 0 spiro atoms. The first kappa shape index (κ1) is 34.0. The molecule has 3 saturated heterocycles. The second-order valence-corrected chi connectivity index (χ2v) is 12.6. The zero-order valence-electron chi connectivity index (χ0n) is 26.1. The number of rotatable bonds is 9. The summed E-state index contributed by atoms with van der Waals surface area (Å²) in [6.07, 6.45) is 3.42. The highest BCUT2D eigenvalue weighted by Crippen LogP contribution is 2.33. The molecule has 0 bridgehead atoms. The van der Waals surface area contributed by atoms with Crippen LogP contribution in [0.2, 0.25) is 0 Å². The van der Waals surface area contributed by atoms with E-state index in [1.165, 1.54) is 11.6 Å². The van der Waals surface area contributed by atoms with Gasteiger partial charge in [0, 0.05) is 57.4 Å². The highest BCUT2D eigenvalue weighted by atomic mass is 35.5. The van der Waals surface area contributed by atoms with Crippen LogP contribution < -0.4 is 5.32 Å². The molecule has 3 aromatic carbocycles. The third-order valence-electron chi connectivity index (χ3n) is 9.62. The van der Waals surface area contributed by atoms with Crippen LogP contribution in [0.5, 0.6) is 0 Å². The first-order valence-electron chi connectivity index (χ1n) is 16.1. The summed E-state index contributed by atoms with van der Waals surface area (Å²) in [7, 11) is 0. The van der Waals surface area contributed by atoms with E-state index in [0.29, 0.717) is 56.8 Å². The number of nitrogens with zero attached hydrogens (tertiary/aromatic N) is 3. The van der Waals surface area contributed by atoms with Crippen LogP contribution in [0.25, 0.3) is 0 Å². The van der Waals surface area contributed by atoms with Crippen LogP contribution >= 0.6 is 12.4 Å². The molecule has 10 heteroatoms. The van der Waals surface area contributed by atoms with Gasteiger partial charge in [-0.1, -0.05) is 66.7 Å². The van der Waals surface area contributed by atoms with Crippen molar-refractivity contribution in [2.75, 3.05) is 52.4 Å². The van der Waals surface area contributed by atoms with Crippen molar-refractivity contribution in [1.82, 2.24) is 20.0 Å². The van der Waals surface area contributed by atoms with E-state index in [4.69, 9.17) is 4.74 Å². The molecule has 0 saturated carbocycles. The summed E-state index contributed by atoms with van der Waals surface area (Å²) in [6.45, 7) is 5.48. The molecule has 0 aliphatic carbocycles. The first-order valence-corrected chi connectivity index (χ1v) is 16.1. The number of nitrogens with one attached hydrogen (secondary N) is 1. The van der Waals surface area contributed by atoms with E-state index in [2.05, 4.69) is 27.2 Å². The molecule has 6 rings (SSSR count). The Morgan fingerprint density at radius 1 is 0.870 bits per heavy atom. The van der Waals surface area contributed by atoms with E-state index in [9.17, 15) is 18.4 Å². The molecule has 3 unspecified atom stereocenters. The molecule has 0 radical (unpaired) electrons. The Kier molecular flexibility index (Phi) is 11.4. The summed E-state index contributed by atoms with van der Waals surface area (Å²) in [5.41, 5.74) is 1.43. The van der Waals surface area contributed by atoms with Crippen molar-refractivity contribution in [2.45, 2.75) is 49.8 Å². The highest BCUT2D eigenvalue weighted by molar-refractivity contribution is 6.05. The molecule has 1 N–H and O–H groups in total. The predicted molar refractivity (Wildman–Crippen MR) is 176 cm³/mol. The topological polar surface area (TPSA) is 65.1 Å². The Bertz CT molecular complexity index is 1460. The van der Waals surface area contributed by atoms with Crippen molar-refractivity contribution in [3.05, 3.63) is 107 Å². The van der Waals surface area contributed by atoms with Crippen LogP contribution in [-0.4, -0.2) is 90.5 Å². The molecule has 3 heterocycles. The van der Waals surface area contributed by atoms with E-state index in [-0.39, 0.29) is 36.4 Å². The number of amides is 2. The van der Waals surface area contributed by atoms with Crippen LogP contribution in [-0.2, 0) is 11.2 Å². The number of morpholine rings is 1. The van der Waals surface area contributed by atoms with E-state index in [1.54, 1.807) is 6.07 Å². The van der Waals surface area contributed by atoms with Gasteiger partial charge in [-0.05, 0) is 55.4 Å². The summed E-state index contributed by atoms with van der Waals surface area (Å²) in [6, 6.07) is 23.5. The maximum Gasteiger partial charge on any atom is 0.318 e. The van der Waals surface area contributed by atoms with E-state index in [1.807, 2.05) is 53.4 Å². The van der Waals surface area contributed by atoms with Crippen molar-refractivity contribution in [2.24, 2.45) is 0 Å². The highest BCUT2D eigenvalue weighted by Gasteiger charge is 2.47. The number of ketones is 1. The number of ether oxygens (including phenoxy) is 1. The molecule has 7 nitrogen and oxygen atoms in total.